The second kappa shape index (κ2) is 7.58. The Hall–Kier alpha value is -2.57. The molecule has 1 heterocycles. The molecule has 0 radical (unpaired) electrons. The van der Waals surface area contributed by atoms with Gasteiger partial charge in [0.05, 0.1) is 7.11 Å². The number of carbonyl (C=O) groups excluding carboxylic acids is 3. The molecule has 0 unspecified atom stereocenters. The molecular weight excluding hydrogens is 346 g/mol. The second-order valence-electron chi connectivity index (χ2n) is 7.69. The second-order valence-corrected chi connectivity index (χ2v) is 7.69. The Kier molecular flexibility index (Phi) is 5.39. The topological polar surface area (TPSA) is 79.0 Å². The van der Waals surface area contributed by atoms with Crippen molar-refractivity contribution < 1.29 is 19.1 Å². The minimum Gasteiger partial charge on any atom is -0.497 e. The van der Waals surface area contributed by atoms with E-state index in [1.807, 2.05) is 24.3 Å². The predicted molar refractivity (Wildman–Crippen MR) is 100 cm³/mol. The standard InChI is InChI=1S/C20H27N3O4/c1-14-7-9-20(10-8-14)18(25)23(19(26)21-20)13-17(24)22(2)12-15-5-4-6-16(11-15)27-3/h4-6,11,14H,7-10,12-13H2,1-3H3,(H,21,26). The third-order valence-electron chi connectivity index (χ3n) is 5.65. The summed E-state index contributed by atoms with van der Waals surface area (Å²) in [5.41, 5.74) is 0.107. The number of carbonyl (C=O) groups is 3. The van der Waals surface area contributed by atoms with Crippen LogP contribution in [0.1, 0.15) is 38.2 Å². The lowest BCUT2D eigenvalue weighted by molar-refractivity contribution is -0.139. The molecule has 2 fully saturated rings. The van der Waals surface area contributed by atoms with Crippen molar-refractivity contribution >= 4 is 17.8 Å². The maximum atomic E-state index is 12.9. The summed E-state index contributed by atoms with van der Waals surface area (Å²) in [6.45, 7) is 2.30. The number of benzene rings is 1. The highest BCUT2D eigenvalue weighted by atomic mass is 16.5. The first kappa shape index (κ1) is 19.2. The van der Waals surface area contributed by atoms with Crippen molar-refractivity contribution in [2.75, 3.05) is 20.7 Å². The molecule has 0 atom stereocenters. The third kappa shape index (κ3) is 3.91. The SMILES string of the molecule is COc1cccc(CN(C)C(=O)CN2C(=O)NC3(CCC(C)CC3)C2=O)c1. The van der Waals surface area contributed by atoms with Gasteiger partial charge in [0.1, 0.15) is 17.8 Å². The molecule has 7 nitrogen and oxygen atoms in total. The number of rotatable bonds is 5. The maximum absolute atomic E-state index is 12.9. The van der Waals surface area contributed by atoms with Gasteiger partial charge in [0, 0.05) is 13.6 Å². The van der Waals surface area contributed by atoms with Gasteiger partial charge in [0.15, 0.2) is 0 Å². The van der Waals surface area contributed by atoms with Crippen molar-refractivity contribution in [3.8, 4) is 5.75 Å². The average molecular weight is 373 g/mol. The first-order valence-corrected chi connectivity index (χ1v) is 9.35. The fourth-order valence-electron chi connectivity index (χ4n) is 3.80. The van der Waals surface area contributed by atoms with E-state index in [0.717, 1.165) is 29.1 Å². The summed E-state index contributed by atoms with van der Waals surface area (Å²) < 4.78 is 5.19. The van der Waals surface area contributed by atoms with E-state index in [0.29, 0.717) is 25.3 Å². The normalized spacial score (nSPS) is 24.9. The molecule has 146 valence electrons. The summed E-state index contributed by atoms with van der Waals surface area (Å²) in [4.78, 5) is 40.4. The molecule has 2 aliphatic rings. The molecule has 0 aromatic heterocycles. The fourth-order valence-corrected chi connectivity index (χ4v) is 3.80. The predicted octanol–water partition coefficient (Wildman–Crippen LogP) is 2.15. The quantitative estimate of drug-likeness (QED) is 0.802. The van der Waals surface area contributed by atoms with Gasteiger partial charge in [-0.05, 0) is 49.3 Å². The van der Waals surface area contributed by atoms with Crippen molar-refractivity contribution in [1.29, 1.82) is 0 Å². The van der Waals surface area contributed by atoms with Crippen LogP contribution in [-0.2, 0) is 16.1 Å². The molecule has 1 aliphatic heterocycles. The van der Waals surface area contributed by atoms with Crippen LogP contribution >= 0.6 is 0 Å². The van der Waals surface area contributed by atoms with E-state index in [1.165, 1.54) is 4.90 Å². The highest BCUT2D eigenvalue weighted by Gasteiger charge is 2.52. The van der Waals surface area contributed by atoms with E-state index >= 15 is 0 Å². The van der Waals surface area contributed by atoms with Crippen molar-refractivity contribution in [1.82, 2.24) is 15.1 Å². The molecule has 7 heteroatoms. The fraction of sp³-hybridized carbons (Fsp3) is 0.550. The molecule has 1 aliphatic carbocycles. The largest absolute Gasteiger partial charge is 0.497 e. The molecule has 27 heavy (non-hydrogen) atoms. The lowest BCUT2D eigenvalue weighted by Crippen LogP contribution is -2.50. The van der Waals surface area contributed by atoms with Gasteiger partial charge >= 0.3 is 6.03 Å². The number of nitrogens with one attached hydrogen (secondary N) is 1. The van der Waals surface area contributed by atoms with Crippen LogP contribution in [0, 0.1) is 5.92 Å². The van der Waals surface area contributed by atoms with E-state index in [2.05, 4.69) is 12.2 Å². The van der Waals surface area contributed by atoms with Gasteiger partial charge in [-0.1, -0.05) is 19.1 Å². The highest BCUT2D eigenvalue weighted by molar-refractivity contribution is 6.09. The first-order chi connectivity index (χ1) is 12.8. The summed E-state index contributed by atoms with van der Waals surface area (Å²) in [5, 5.41) is 2.85. The lowest BCUT2D eigenvalue weighted by Gasteiger charge is -2.33. The third-order valence-corrected chi connectivity index (χ3v) is 5.65. The number of urea groups is 1. The van der Waals surface area contributed by atoms with Gasteiger partial charge in [-0.25, -0.2) is 4.79 Å². The maximum Gasteiger partial charge on any atom is 0.325 e. The van der Waals surface area contributed by atoms with Gasteiger partial charge in [-0.15, -0.1) is 0 Å². The Morgan fingerprint density at radius 3 is 2.70 bits per heavy atom. The Morgan fingerprint density at radius 2 is 2.04 bits per heavy atom. The molecule has 1 saturated heterocycles. The van der Waals surface area contributed by atoms with Crippen molar-refractivity contribution in [2.45, 2.75) is 44.7 Å². The van der Waals surface area contributed by atoms with E-state index in [1.54, 1.807) is 14.2 Å². The van der Waals surface area contributed by atoms with Crippen LogP contribution in [0.4, 0.5) is 4.79 Å². The Morgan fingerprint density at radius 1 is 1.33 bits per heavy atom. The molecule has 1 saturated carbocycles. The first-order valence-electron chi connectivity index (χ1n) is 9.35. The summed E-state index contributed by atoms with van der Waals surface area (Å²) in [5.74, 6) is 0.742. The van der Waals surface area contributed by atoms with E-state index in [9.17, 15) is 14.4 Å². The van der Waals surface area contributed by atoms with Crippen LogP contribution in [0.25, 0.3) is 0 Å². The Balaban J connectivity index is 1.63. The van der Waals surface area contributed by atoms with Crippen LogP contribution in [0.15, 0.2) is 24.3 Å². The monoisotopic (exact) mass is 373 g/mol. The highest BCUT2D eigenvalue weighted by Crippen LogP contribution is 2.36. The summed E-state index contributed by atoms with van der Waals surface area (Å²) in [6, 6.07) is 6.99. The summed E-state index contributed by atoms with van der Waals surface area (Å²) >= 11 is 0. The van der Waals surface area contributed by atoms with E-state index in [-0.39, 0.29) is 18.4 Å². The lowest BCUT2D eigenvalue weighted by atomic mass is 9.77. The van der Waals surface area contributed by atoms with E-state index < -0.39 is 11.6 Å². The van der Waals surface area contributed by atoms with Crippen LogP contribution in [0.5, 0.6) is 5.75 Å². The van der Waals surface area contributed by atoms with Gasteiger partial charge in [0.25, 0.3) is 5.91 Å². The zero-order valence-electron chi connectivity index (χ0n) is 16.2. The smallest absolute Gasteiger partial charge is 0.325 e. The number of methoxy groups -OCH3 is 1. The van der Waals surface area contributed by atoms with Crippen molar-refractivity contribution in [3.05, 3.63) is 29.8 Å². The summed E-state index contributed by atoms with van der Waals surface area (Å²) in [6.07, 6.45) is 3.10. The Labute approximate surface area is 159 Å². The number of hydrogen-bond donors (Lipinski definition) is 1. The molecule has 3 rings (SSSR count). The molecular formula is C20H27N3O4. The molecule has 1 aromatic carbocycles. The summed E-state index contributed by atoms with van der Waals surface area (Å²) in [7, 11) is 3.26. The van der Waals surface area contributed by atoms with Crippen LogP contribution in [0.3, 0.4) is 0 Å². The number of hydrogen-bond acceptors (Lipinski definition) is 4. The minimum atomic E-state index is -0.810. The number of ether oxygens (including phenoxy) is 1. The molecule has 4 amide bonds. The average Bonchev–Trinajstić information content (AvgIpc) is 2.88. The number of amides is 4. The van der Waals surface area contributed by atoms with Crippen LogP contribution < -0.4 is 10.1 Å². The zero-order chi connectivity index (χ0) is 19.6. The van der Waals surface area contributed by atoms with Crippen molar-refractivity contribution in [3.63, 3.8) is 0 Å². The number of imide groups is 1. The van der Waals surface area contributed by atoms with Gasteiger partial charge in [-0.3, -0.25) is 14.5 Å². The van der Waals surface area contributed by atoms with Gasteiger partial charge < -0.3 is 15.0 Å². The molecule has 1 spiro atoms. The molecule has 1 aromatic rings. The molecule has 0 bridgehead atoms. The minimum absolute atomic E-state index is 0.234. The number of nitrogens with zero attached hydrogens (tertiary/aromatic N) is 2. The Bertz CT molecular complexity index is 740. The number of likely N-dealkylation sites (N-methyl/N-ethyl adjacent to an activating group) is 1. The zero-order valence-corrected chi connectivity index (χ0v) is 16.2. The van der Waals surface area contributed by atoms with Crippen molar-refractivity contribution in [2.24, 2.45) is 5.92 Å². The van der Waals surface area contributed by atoms with Crippen LogP contribution in [0.2, 0.25) is 0 Å². The molecule has 1 N–H and O–H groups in total. The van der Waals surface area contributed by atoms with E-state index in [4.69, 9.17) is 4.74 Å². The van der Waals surface area contributed by atoms with Gasteiger partial charge in [0.2, 0.25) is 5.91 Å². The van der Waals surface area contributed by atoms with Gasteiger partial charge in [-0.2, -0.15) is 0 Å². The van der Waals surface area contributed by atoms with Crippen LogP contribution in [-0.4, -0.2) is 53.9 Å².